The lowest BCUT2D eigenvalue weighted by molar-refractivity contribution is -0.122. The second-order valence-electron chi connectivity index (χ2n) is 4.53. The summed E-state index contributed by atoms with van der Waals surface area (Å²) in [6, 6.07) is 10.2. The van der Waals surface area contributed by atoms with Crippen LogP contribution in [0.3, 0.4) is 0 Å². The first-order valence-corrected chi connectivity index (χ1v) is 6.86. The highest BCUT2D eigenvalue weighted by atomic mass is 35.5. The Balaban J connectivity index is 2.07. The molecule has 0 aliphatic heterocycles. The number of hydrogen-bond donors (Lipinski definition) is 1. The number of amides is 1. The molecule has 0 aliphatic rings. The fraction of sp³-hybridized carbons (Fsp3) is 0.125. The molecule has 0 saturated carbocycles. The summed E-state index contributed by atoms with van der Waals surface area (Å²) in [4.78, 5) is 23.0. The molecule has 1 N–H and O–H groups in total. The van der Waals surface area contributed by atoms with Gasteiger partial charge in [-0.3, -0.25) is 9.59 Å². The van der Waals surface area contributed by atoms with Crippen molar-refractivity contribution in [2.24, 2.45) is 0 Å². The van der Waals surface area contributed by atoms with Crippen LogP contribution in [0.1, 0.15) is 17.3 Å². The van der Waals surface area contributed by atoms with Crippen molar-refractivity contribution in [3.8, 4) is 5.75 Å². The minimum absolute atomic E-state index is 0.0915. The van der Waals surface area contributed by atoms with Gasteiger partial charge in [-0.15, -0.1) is 0 Å². The van der Waals surface area contributed by atoms with Crippen LogP contribution in [0.25, 0.3) is 0 Å². The van der Waals surface area contributed by atoms with Crippen LogP contribution in [0.2, 0.25) is 5.02 Å². The van der Waals surface area contributed by atoms with E-state index in [-0.39, 0.29) is 10.7 Å². The number of rotatable bonds is 5. The Bertz CT molecular complexity index is 706. The van der Waals surface area contributed by atoms with Crippen LogP contribution in [-0.2, 0) is 4.79 Å². The Hall–Kier alpha value is -2.40. The molecule has 0 bridgehead atoms. The molecule has 0 radical (unpaired) electrons. The maximum atomic E-state index is 13.0. The highest BCUT2D eigenvalue weighted by molar-refractivity contribution is 6.33. The molecule has 0 aromatic heterocycles. The first-order chi connectivity index (χ1) is 10.5. The van der Waals surface area contributed by atoms with Gasteiger partial charge in [-0.25, -0.2) is 4.39 Å². The van der Waals surface area contributed by atoms with Crippen molar-refractivity contribution in [2.45, 2.75) is 13.0 Å². The van der Waals surface area contributed by atoms with E-state index >= 15 is 0 Å². The van der Waals surface area contributed by atoms with Crippen molar-refractivity contribution >= 4 is 29.5 Å². The summed E-state index contributed by atoms with van der Waals surface area (Å²) in [5.74, 6) is -0.647. The number of para-hydroxylation sites is 1. The highest BCUT2D eigenvalue weighted by Crippen LogP contribution is 2.23. The van der Waals surface area contributed by atoms with Crippen molar-refractivity contribution in [1.82, 2.24) is 0 Å². The third-order valence-corrected chi connectivity index (χ3v) is 3.22. The Morgan fingerprint density at radius 3 is 2.73 bits per heavy atom. The average molecular weight is 322 g/mol. The van der Waals surface area contributed by atoms with Crippen LogP contribution >= 0.6 is 11.6 Å². The number of carbonyl (C=O) groups excluding carboxylic acids is 2. The van der Waals surface area contributed by atoms with Crippen LogP contribution in [0.15, 0.2) is 42.5 Å². The highest BCUT2D eigenvalue weighted by Gasteiger charge is 2.17. The summed E-state index contributed by atoms with van der Waals surface area (Å²) in [7, 11) is 0. The molecule has 114 valence electrons. The molecule has 0 unspecified atom stereocenters. The minimum atomic E-state index is -0.859. The van der Waals surface area contributed by atoms with E-state index in [0.29, 0.717) is 17.6 Å². The summed E-state index contributed by atoms with van der Waals surface area (Å²) in [5.41, 5.74) is 0.633. The first kappa shape index (κ1) is 16.0. The lowest BCUT2D eigenvalue weighted by Gasteiger charge is -2.16. The number of anilines is 1. The van der Waals surface area contributed by atoms with E-state index in [9.17, 15) is 14.0 Å². The lowest BCUT2D eigenvalue weighted by atomic mass is 10.2. The number of benzene rings is 2. The summed E-state index contributed by atoms with van der Waals surface area (Å²) in [5, 5.41) is 2.64. The van der Waals surface area contributed by atoms with Crippen LogP contribution in [0.5, 0.6) is 5.75 Å². The molecule has 1 amide bonds. The van der Waals surface area contributed by atoms with E-state index in [0.717, 1.165) is 6.07 Å². The molecule has 2 aromatic carbocycles. The maximum Gasteiger partial charge on any atom is 0.265 e. The number of nitrogens with one attached hydrogen (secondary N) is 1. The van der Waals surface area contributed by atoms with Gasteiger partial charge in [0.1, 0.15) is 11.6 Å². The van der Waals surface area contributed by atoms with E-state index in [2.05, 4.69) is 5.32 Å². The molecule has 2 rings (SSSR count). The molecule has 0 fully saturated rings. The number of ether oxygens (including phenoxy) is 1. The van der Waals surface area contributed by atoms with Gasteiger partial charge in [-0.2, -0.15) is 0 Å². The maximum absolute atomic E-state index is 13.0. The van der Waals surface area contributed by atoms with Gasteiger partial charge in [0.2, 0.25) is 0 Å². The molecular formula is C16H13ClFNO3. The first-order valence-electron chi connectivity index (χ1n) is 6.48. The smallest absolute Gasteiger partial charge is 0.265 e. The second kappa shape index (κ2) is 7.04. The molecule has 2 aromatic rings. The Labute approximate surface area is 131 Å². The predicted molar refractivity (Wildman–Crippen MR) is 82.0 cm³/mol. The van der Waals surface area contributed by atoms with E-state index in [1.54, 1.807) is 24.3 Å². The van der Waals surface area contributed by atoms with Crippen molar-refractivity contribution in [3.05, 3.63) is 58.9 Å². The fourth-order valence-electron chi connectivity index (χ4n) is 1.75. The van der Waals surface area contributed by atoms with Crippen LogP contribution in [-0.4, -0.2) is 18.3 Å². The molecule has 0 saturated heterocycles. The largest absolute Gasteiger partial charge is 0.480 e. The van der Waals surface area contributed by atoms with Gasteiger partial charge in [0.05, 0.1) is 16.3 Å². The van der Waals surface area contributed by atoms with E-state index in [4.69, 9.17) is 16.3 Å². The Morgan fingerprint density at radius 1 is 1.32 bits per heavy atom. The predicted octanol–water partition coefficient (Wildman–Crippen LogP) is 3.70. The molecule has 6 heteroatoms. The number of halogens is 2. The van der Waals surface area contributed by atoms with Gasteiger partial charge in [0.25, 0.3) is 5.91 Å². The van der Waals surface area contributed by atoms with E-state index in [1.807, 2.05) is 0 Å². The third kappa shape index (κ3) is 3.83. The van der Waals surface area contributed by atoms with Gasteiger partial charge in [0, 0.05) is 0 Å². The van der Waals surface area contributed by atoms with Crippen LogP contribution in [0, 0.1) is 5.82 Å². The SMILES string of the molecule is C[C@@H](Oc1ccccc1C=O)C(=O)Nc1ccc(F)cc1Cl. The summed E-state index contributed by atoms with van der Waals surface area (Å²) < 4.78 is 18.4. The Morgan fingerprint density at radius 2 is 2.05 bits per heavy atom. The van der Waals surface area contributed by atoms with Crippen molar-refractivity contribution in [2.75, 3.05) is 5.32 Å². The normalized spacial score (nSPS) is 11.6. The van der Waals surface area contributed by atoms with Crippen molar-refractivity contribution < 1.29 is 18.7 Å². The quantitative estimate of drug-likeness (QED) is 0.854. The Kier molecular flexibility index (Phi) is 5.12. The standard InChI is InChI=1S/C16H13ClFNO3/c1-10(22-15-5-3-2-4-11(15)9-20)16(21)19-14-7-6-12(18)8-13(14)17/h2-10H,1H3,(H,19,21)/t10-/m1/s1. The number of aldehydes is 1. The van der Waals surface area contributed by atoms with E-state index < -0.39 is 17.8 Å². The molecule has 0 aliphatic carbocycles. The summed E-state index contributed by atoms with van der Waals surface area (Å²) in [6.07, 6.45) is -0.209. The average Bonchev–Trinajstić information content (AvgIpc) is 2.50. The van der Waals surface area contributed by atoms with E-state index in [1.165, 1.54) is 19.1 Å². The van der Waals surface area contributed by atoms with Gasteiger partial charge < -0.3 is 10.1 Å². The third-order valence-electron chi connectivity index (χ3n) is 2.91. The molecule has 0 spiro atoms. The zero-order chi connectivity index (χ0) is 16.1. The number of carbonyl (C=O) groups is 2. The summed E-state index contributed by atoms with van der Waals surface area (Å²) in [6.45, 7) is 1.54. The molecule has 1 atom stereocenters. The van der Waals surface area contributed by atoms with Gasteiger partial charge in [-0.1, -0.05) is 23.7 Å². The monoisotopic (exact) mass is 321 g/mol. The van der Waals surface area contributed by atoms with Gasteiger partial charge in [0.15, 0.2) is 12.4 Å². The fourth-order valence-corrected chi connectivity index (χ4v) is 1.97. The van der Waals surface area contributed by atoms with Crippen molar-refractivity contribution in [3.63, 3.8) is 0 Å². The van der Waals surface area contributed by atoms with Gasteiger partial charge >= 0.3 is 0 Å². The van der Waals surface area contributed by atoms with Crippen LogP contribution < -0.4 is 10.1 Å². The zero-order valence-corrected chi connectivity index (χ0v) is 12.4. The zero-order valence-electron chi connectivity index (χ0n) is 11.7. The van der Waals surface area contributed by atoms with Crippen molar-refractivity contribution in [1.29, 1.82) is 0 Å². The molecule has 0 heterocycles. The molecule has 22 heavy (non-hydrogen) atoms. The topological polar surface area (TPSA) is 55.4 Å². The van der Waals surface area contributed by atoms with Crippen LogP contribution in [0.4, 0.5) is 10.1 Å². The second-order valence-corrected chi connectivity index (χ2v) is 4.94. The lowest BCUT2D eigenvalue weighted by Crippen LogP contribution is -2.30. The van der Waals surface area contributed by atoms with Gasteiger partial charge in [-0.05, 0) is 37.3 Å². The number of hydrogen-bond acceptors (Lipinski definition) is 3. The molecule has 4 nitrogen and oxygen atoms in total. The molecular weight excluding hydrogens is 309 g/mol. The minimum Gasteiger partial charge on any atom is -0.480 e. The summed E-state index contributed by atoms with van der Waals surface area (Å²) >= 11 is 5.84.